The molecule has 0 aromatic rings. The third-order valence-electron chi connectivity index (χ3n) is 4.99. The Morgan fingerprint density at radius 1 is 1.15 bits per heavy atom. The fraction of sp³-hybridized carbons (Fsp3) is 1.00. The maximum absolute atomic E-state index is 6.39. The monoisotopic (exact) mass is 300 g/mol. The summed E-state index contributed by atoms with van der Waals surface area (Å²) in [5.74, 6) is 0.858. The lowest BCUT2D eigenvalue weighted by Crippen LogP contribution is -2.43. The summed E-state index contributed by atoms with van der Waals surface area (Å²) in [6.45, 7) is 9.51. The van der Waals surface area contributed by atoms with E-state index in [2.05, 4.69) is 27.7 Å². The minimum Gasteiger partial charge on any atom is -0.394 e. The highest BCUT2D eigenvalue weighted by atomic mass is 28.4. The van der Waals surface area contributed by atoms with E-state index in [1.807, 2.05) is 0 Å². The topological polar surface area (TPSA) is 31.0 Å². The second-order valence-corrected chi connectivity index (χ2v) is 10.2. The number of fused-ring (bicyclic) bond motifs is 1. The molecular formula is C16H32O3Si. The van der Waals surface area contributed by atoms with Crippen LogP contribution in [-0.4, -0.2) is 33.5 Å². The van der Waals surface area contributed by atoms with Gasteiger partial charge in [-0.3, -0.25) is 0 Å². The van der Waals surface area contributed by atoms with E-state index in [4.69, 9.17) is 13.6 Å². The number of rotatable bonds is 9. The zero-order valence-electron chi connectivity index (χ0n) is 13.7. The van der Waals surface area contributed by atoms with Gasteiger partial charge in [0.05, 0.1) is 12.2 Å². The molecule has 1 aliphatic heterocycles. The molecule has 4 unspecified atom stereocenters. The van der Waals surface area contributed by atoms with Crippen molar-refractivity contribution in [3.8, 4) is 0 Å². The Morgan fingerprint density at radius 2 is 1.90 bits per heavy atom. The largest absolute Gasteiger partial charge is 0.394 e. The van der Waals surface area contributed by atoms with Gasteiger partial charge in [-0.2, -0.15) is 0 Å². The zero-order chi connectivity index (χ0) is 14.6. The SMILES string of the molecule is CCO[Si](CC)(CC)OC(C)CCC1CCC2OC2C1. The van der Waals surface area contributed by atoms with E-state index in [9.17, 15) is 0 Å². The van der Waals surface area contributed by atoms with Crippen molar-refractivity contribution in [2.75, 3.05) is 6.61 Å². The van der Waals surface area contributed by atoms with Crippen LogP contribution in [0.4, 0.5) is 0 Å². The maximum Gasteiger partial charge on any atom is 0.337 e. The zero-order valence-corrected chi connectivity index (χ0v) is 14.7. The first-order valence-electron chi connectivity index (χ1n) is 8.59. The van der Waals surface area contributed by atoms with E-state index >= 15 is 0 Å². The second-order valence-electron chi connectivity index (χ2n) is 6.45. The van der Waals surface area contributed by atoms with Gasteiger partial charge in [-0.05, 0) is 64.0 Å². The van der Waals surface area contributed by atoms with Crippen molar-refractivity contribution in [1.29, 1.82) is 0 Å². The van der Waals surface area contributed by atoms with Crippen molar-refractivity contribution < 1.29 is 13.6 Å². The van der Waals surface area contributed by atoms with Crippen LogP contribution in [0, 0.1) is 5.92 Å². The smallest absolute Gasteiger partial charge is 0.337 e. The molecule has 1 aliphatic carbocycles. The molecule has 0 aromatic heterocycles. The number of hydrogen-bond acceptors (Lipinski definition) is 3. The molecule has 2 aliphatic rings. The summed E-state index contributed by atoms with van der Waals surface area (Å²) in [5.41, 5.74) is 0. The molecule has 0 spiro atoms. The standard InChI is InChI=1S/C16H32O3Si/c1-5-17-20(6-2,7-3)19-13(4)8-9-14-10-11-15-16(12-14)18-15/h13-16H,5-12H2,1-4H3. The predicted octanol–water partition coefficient (Wildman–Crippen LogP) is 4.26. The van der Waals surface area contributed by atoms with Crippen LogP contribution >= 0.6 is 0 Å². The highest BCUT2D eigenvalue weighted by molar-refractivity contribution is 6.67. The van der Waals surface area contributed by atoms with E-state index in [1.165, 1.54) is 32.1 Å². The van der Waals surface area contributed by atoms with Gasteiger partial charge in [-0.1, -0.05) is 13.8 Å². The number of ether oxygens (including phenoxy) is 1. The van der Waals surface area contributed by atoms with Crippen molar-refractivity contribution in [2.24, 2.45) is 5.92 Å². The molecule has 1 saturated carbocycles. The van der Waals surface area contributed by atoms with Crippen LogP contribution in [0.1, 0.15) is 59.8 Å². The first kappa shape index (κ1) is 16.5. The van der Waals surface area contributed by atoms with Gasteiger partial charge in [-0.15, -0.1) is 0 Å². The van der Waals surface area contributed by atoms with Crippen LogP contribution in [0.3, 0.4) is 0 Å². The lowest BCUT2D eigenvalue weighted by atomic mass is 9.85. The molecule has 0 N–H and O–H groups in total. The van der Waals surface area contributed by atoms with Crippen LogP contribution in [0.15, 0.2) is 0 Å². The lowest BCUT2D eigenvalue weighted by Gasteiger charge is -2.32. The Bertz CT molecular complexity index is 293. The molecule has 20 heavy (non-hydrogen) atoms. The van der Waals surface area contributed by atoms with Gasteiger partial charge in [-0.25, -0.2) is 0 Å². The molecule has 1 saturated heterocycles. The summed E-state index contributed by atoms with van der Waals surface area (Å²) in [6, 6.07) is 2.12. The Hall–Kier alpha value is 0.0969. The first-order valence-corrected chi connectivity index (χ1v) is 10.8. The van der Waals surface area contributed by atoms with Crippen LogP contribution in [-0.2, 0) is 13.6 Å². The van der Waals surface area contributed by atoms with Crippen molar-refractivity contribution >= 4 is 8.56 Å². The average Bonchev–Trinajstić information content (AvgIpc) is 3.23. The Labute approximate surface area is 125 Å². The molecule has 1 heterocycles. The summed E-state index contributed by atoms with van der Waals surface area (Å²) in [7, 11) is -1.92. The number of epoxide rings is 1. The summed E-state index contributed by atoms with van der Waals surface area (Å²) >= 11 is 0. The molecule has 2 rings (SSSR count). The highest BCUT2D eigenvalue weighted by Gasteiger charge is 2.43. The normalized spacial score (nSPS) is 30.9. The van der Waals surface area contributed by atoms with Crippen molar-refractivity contribution in [2.45, 2.75) is 90.2 Å². The lowest BCUT2D eigenvalue weighted by molar-refractivity contribution is 0.115. The maximum atomic E-state index is 6.39. The second kappa shape index (κ2) is 7.39. The fourth-order valence-electron chi connectivity index (χ4n) is 3.56. The summed E-state index contributed by atoms with van der Waals surface area (Å²) in [4.78, 5) is 0. The van der Waals surface area contributed by atoms with E-state index in [0.29, 0.717) is 18.3 Å². The Kier molecular flexibility index (Phi) is 6.08. The van der Waals surface area contributed by atoms with Gasteiger partial charge in [0.1, 0.15) is 0 Å². The first-order chi connectivity index (χ1) is 9.62. The van der Waals surface area contributed by atoms with E-state index in [1.54, 1.807) is 0 Å². The quantitative estimate of drug-likeness (QED) is 0.471. The molecule has 3 nitrogen and oxygen atoms in total. The van der Waals surface area contributed by atoms with Gasteiger partial charge in [0.25, 0.3) is 0 Å². The van der Waals surface area contributed by atoms with Gasteiger partial charge >= 0.3 is 8.56 Å². The van der Waals surface area contributed by atoms with Gasteiger partial charge in [0, 0.05) is 12.7 Å². The molecule has 118 valence electrons. The average molecular weight is 301 g/mol. The van der Waals surface area contributed by atoms with Crippen molar-refractivity contribution in [1.82, 2.24) is 0 Å². The summed E-state index contributed by atoms with van der Waals surface area (Å²) in [6.07, 6.45) is 7.95. The van der Waals surface area contributed by atoms with E-state index < -0.39 is 8.56 Å². The molecule has 0 amide bonds. The minimum atomic E-state index is -1.92. The van der Waals surface area contributed by atoms with Gasteiger partial charge < -0.3 is 13.6 Å². The van der Waals surface area contributed by atoms with Crippen molar-refractivity contribution in [3.63, 3.8) is 0 Å². The highest BCUT2D eigenvalue weighted by Crippen LogP contribution is 2.41. The fourth-order valence-corrected chi connectivity index (χ4v) is 6.25. The van der Waals surface area contributed by atoms with Crippen LogP contribution < -0.4 is 0 Å². The van der Waals surface area contributed by atoms with Crippen molar-refractivity contribution in [3.05, 3.63) is 0 Å². The molecule has 0 bridgehead atoms. The van der Waals surface area contributed by atoms with Gasteiger partial charge in [0.2, 0.25) is 0 Å². The van der Waals surface area contributed by atoms with Crippen LogP contribution in [0.5, 0.6) is 0 Å². The molecule has 4 atom stereocenters. The van der Waals surface area contributed by atoms with Gasteiger partial charge in [0.15, 0.2) is 0 Å². The third-order valence-corrected chi connectivity index (χ3v) is 8.80. The van der Waals surface area contributed by atoms with E-state index in [0.717, 1.165) is 24.6 Å². The Balaban J connectivity index is 1.71. The third kappa shape index (κ3) is 4.29. The summed E-state index contributed by atoms with van der Waals surface area (Å²) in [5, 5.41) is 0. The van der Waals surface area contributed by atoms with Crippen LogP contribution in [0.2, 0.25) is 12.1 Å². The Morgan fingerprint density at radius 3 is 2.50 bits per heavy atom. The molecular weight excluding hydrogens is 268 g/mol. The predicted molar refractivity (Wildman–Crippen MR) is 84.1 cm³/mol. The minimum absolute atomic E-state index is 0.339. The summed E-state index contributed by atoms with van der Waals surface area (Å²) < 4.78 is 18.0. The van der Waals surface area contributed by atoms with Crippen LogP contribution in [0.25, 0.3) is 0 Å². The molecule has 0 aromatic carbocycles. The molecule has 4 heteroatoms. The number of hydrogen-bond donors (Lipinski definition) is 0. The van der Waals surface area contributed by atoms with E-state index in [-0.39, 0.29) is 0 Å². The molecule has 2 fully saturated rings. The molecule has 0 radical (unpaired) electrons.